The van der Waals surface area contributed by atoms with E-state index in [1.807, 2.05) is 19.9 Å². The summed E-state index contributed by atoms with van der Waals surface area (Å²) in [7, 11) is -3.90. The van der Waals surface area contributed by atoms with Gasteiger partial charge in [-0.15, -0.1) is 0 Å². The van der Waals surface area contributed by atoms with E-state index in [2.05, 4.69) is 5.32 Å². The summed E-state index contributed by atoms with van der Waals surface area (Å²) < 4.78 is 38.2. The van der Waals surface area contributed by atoms with Crippen molar-refractivity contribution in [1.82, 2.24) is 9.62 Å². The van der Waals surface area contributed by atoms with Gasteiger partial charge in [0, 0.05) is 0 Å². The summed E-state index contributed by atoms with van der Waals surface area (Å²) in [4.78, 5) is 12.7. The maximum absolute atomic E-state index is 13.2. The van der Waals surface area contributed by atoms with E-state index in [-0.39, 0.29) is 24.0 Å². The average Bonchev–Trinajstić information content (AvgIpc) is 3.33. The Morgan fingerprint density at radius 2 is 1.83 bits per heavy atom. The largest absolute Gasteiger partial charge is 0.468 e. The highest BCUT2D eigenvalue weighted by Crippen LogP contribution is 2.20. The van der Waals surface area contributed by atoms with Crippen molar-refractivity contribution in [2.75, 3.05) is 6.54 Å². The van der Waals surface area contributed by atoms with Crippen LogP contribution in [0.25, 0.3) is 0 Å². The third kappa shape index (κ3) is 5.16. The van der Waals surface area contributed by atoms with Crippen LogP contribution in [0.15, 0.2) is 68.5 Å². The van der Waals surface area contributed by atoms with Crippen LogP contribution in [-0.2, 0) is 21.4 Å². The van der Waals surface area contributed by atoms with Crippen LogP contribution in [0.3, 0.4) is 0 Å². The lowest BCUT2D eigenvalue weighted by molar-refractivity contribution is -0.122. The number of aryl methyl sites for hydroxylation is 2. The van der Waals surface area contributed by atoms with Crippen molar-refractivity contribution >= 4 is 15.9 Å². The van der Waals surface area contributed by atoms with Gasteiger partial charge < -0.3 is 14.2 Å². The van der Waals surface area contributed by atoms with Crippen LogP contribution >= 0.6 is 0 Å². The predicted molar refractivity (Wildman–Crippen MR) is 107 cm³/mol. The quantitative estimate of drug-likeness (QED) is 0.606. The van der Waals surface area contributed by atoms with E-state index in [4.69, 9.17) is 8.83 Å². The summed E-state index contributed by atoms with van der Waals surface area (Å²) in [5, 5.41) is 2.78. The lowest BCUT2D eigenvalue weighted by atomic mass is 10.2. The minimum Gasteiger partial charge on any atom is -0.468 e. The van der Waals surface area contributed by atoms with Gasteiger partial charge in [-0.25, -0.2) is 8.42 Å². The zero-order chi connectivity index (χ0) is 21.0. The third-order valence-corrected chi connectivity index (χ3v) is 6.26. The minimum absolute atomic E-state index is 0.0507. The first-order chi connectivity index (χ1) is 13.8. The number of nitrogens with one attached hydrogen (secondary N) is 1. The Morgan fingerprint density at radius 3 is 2.41 bits per heavy atom. The molecule has 0 aliphatic heterocycles. The Labute approximate surface area is 170 Å². The first-order valence-corrected chi connectivity index (χ1v) is 10.6. The number of hydrogen-bond acceptors (Lipinski definition) is 5. The first-order valence-electron chi connectivity index (χ1n) is 9.20. The highest BCUT2D eigenvalue weighted by atomic mass is 32.2. The lowest BCUT2D eigenvalue weighted by Crippen LogP contribution is -2.41. The van der Waals surface area contributed by atoms with Crippen LogP contribution < -0.4 is 5.32 Å². The maximum Gasteiger partial charge on any atom is 0.243 e. The van der Waals surface area contributed by atoms with Crippen molar-refractivity contribution in [2.24, 2.45) is 0 Å². The first kappa shape index (κ1) is 20.9. The molecule has 0 fully saturated rings. The number of hydrogen-bond donors (Lipinski definition) is 1. The number of rotatable bonds is 8. The Morgan fingerprint density at radius 1 is 1.10 bits per heavy atom. The van der Waals surface area contributed by atoms with Crippen LogP contribution in [0.5, 0.6) is 0 Å². The monoisotopic (exact) mass is 416 g/mol. The van der Waals surface area contributed by atoms with Gasteiger partial charge in [-0.05, 0) is 57.2 Å². The molecule has 3 aromatic rings. The standard InChI is InChI=1S/C21H24N2O5S/c1-15-6-9-19(10-7-15)29(25,26)23(13-18-5-4-12-27-18)14-21(24)22-17(3)20-11-8-16(2)28-20/h4-12,17H,13-14H2,1-3H3,(H,22,24). The normalized spacial score (nSPS) is 12.8. The highest BCUT2D eigenvalue weighted by Gasteiger charge is 2.28. The second kappa shape index (κ2) is 8.67. The van der Waals surface area contributed by atoms with Crippen molar-refractivity contribution in [3.8, 4) is 0 Å². The van der Waals surface area contributed by atoms with Gasteiger partial charge in [-0.1, -0.05) is 17.7 Å². The molecule has 1 N–H and O–H groups in total. The van der Waals surface area contributed by atoms with Crippen LogP contribution in [0.2, 0.25) is 0 Å². The molecule has 0 aliphatic carbocycles. The molecule has 1 atom stereocenters. The summed E-state index contributed by atoms with van der Waals surface area (Å²) in [5.41, 5.74) is 0.946. The molecular formula is C21H24N2O5S. The predicted octanol–water partition coefficient (Wildman–Crippen LogP) is 3.56. The molecule has 1 amide bonds. The van der Waals surface area contributed by atoms with Crippen molar-refractivity contribution in [3.05, 3.63) is 77.6 Å². The van der Waals surface area contributed by atoms with Crippen LogP contribution in [0, 0.1) is 13.8 Å². The third-order valence-electron chi connectivity index (χ3n) is 4.46. The van der Waals surface area contributed by atoms with Gasteiger partial charge in [-0.3, -0.25) is 4.79 Å². The van der Waals surface area contributed by atoms with E-state index >= 15 is 0 Å². The molecule has 29 heavy (non-hydrogen) atoms. The van der Waals surface area contributed by atoms with E-state index in [1.165, 1.54) is 18.4 Å². The lowest BCUT2D eigenvalue weighted by Gasteiger charge is -2.22. The molecule has 0 saturated heterocycles. The molecule has 0 spiro atoms. The Balaban J connectivity index is 1.79. The molecule has 2 aromatic heterocycles. The average molecular weight is 416 g/mol. The molecule has 1 unspecified atom stereocenters. The van der Waals surface area contributed by atoms with Gasteiger partial charge >= 0.3 is 0 Å². The highest BCUT2D eigenvalue weighted by molar-refractivity contribution is 7.89. The zero-order valence-electron chi connectivity index (χ0n) is 16.6. The number of benzene rings is 1. The summed E-state index contributed by atoms with van der Waals surface area (Å²) in [5.74, 6) is 1.36. The minimum atomic E-state index is -3.90. The Bertz CT molecular complexity index is 1050. The number of amides is 1. The van der Waals surface area contributed by atoms with Gasteiger partial charge in [0.1, 0.15) is 17.3 Å². The molecule has 0 bridgehead atoms. The maximum atomic E-state index is 13.2. The van der Waals surface area contributed by atoms with Gasteiger partial charge in [-0.2, -0.15) is 4.31 Å². The second-order valence-electron chi connectivity index (χ2n) is 6.90. The molecular weight excluding hydrogens is 392 g/mol. The molecule has 2 heterocycles. The second-order valence-corrected chi connectivity index (χ2v) is 8.84. The van der Waals surface area contributed by atoms with Gasteiger partial charge in [0.15, 0.2) is 0 Å². The molecule has 154 valence electrons. The van der Waals surface area contributed by atoms with Crippen molar-refractivity contribution < 1.29 is 22.0 Å². The molecule has 0 saturated carbocycles. The number of sulfonamides is 1. The van der Waals surface area contributed by atoms with Crippen molar-refractivity contribution in [1.29, 1.82) is 0 Å². The van der Waals surface area contributed by atoms with Crippen LogP contribution in [-0.4, -0.2) is 25.2 Å². The molecule has 1 aromatic carbocycles. The van der Waals surface area contributed by atoms with Gasteiger partial charge in [0.2, 0.25) is 15.9 Å². The molecule has 8 heteroatoms. The molecule has 0 aliphatic rings. The summed E-state index contributed by atoms with van der Waals surface area (Å²) in [6.07, 6.45) is 1.47. The van der Waals surface area contributed by atoms with Crippen LogP contribution in [0.1, 0.15) is 35.8 Å². The zero-order valence-corrected chi connectivity index (χ0v) is 17.4. The number of carbonyl (C=O) groups is 1. The van der Waals surface area contributed by atoms with Gasteiger partial charge in [0.05, 0.1) is 30.3 Å². The van der Waals surface area contributed by atoms with E-state index in [1.54, 1.807) is 37.3 Å². The van der Waals surface area contributed by atoms with Crippen molar-refractivity contribution in [3.63, 3.8) is 0 Å². The topological polar surface area (TPSA) is 92.8 Å². The SMILES string of the molecule is Cc1ccc(S(=O)(=O)N(CC(=O)NC(C)c2ccc(C)o2)Cc2ccco2)cc1. The van der Waals surface area contributed by atoms with Crippen LogP contribution in [0.4, 0.5) is 0 Å². The van der Waals surface area contributed by atoms with E-state index in [0.29, 0.717) is 11.5 Å². The smallest absolute Gasteiger partial charge is 0.243 e. The summed E-state index contributed by atoms with van der Waals surface area (Å²) >= 11 is 0. The van der Waals surface area contributed by atoms with Gasteiger partial charge in [0.25, 0.3) is 0 Å². The Hall–Kier alpha value is -2.84. The summed E-state index contributed by atoms with van der Waals surface area (Å²) in [6.45, 7) is 5.08. The van der Waals surface area contributed by atoms with E-state index in [9.17, 15) is 13.2 Å². The number of nitrogens with zero attached hydrogens (tertiary/aromatic N) is 1. The van der Waals surface area contributed by atoms with Crippen molar-refractivity contribution in [2.45, 2.75) is 38.3 Å². The number of carbonyl (C=O) groups excluding carboxylic acids is 1. The molecule has 3 rings (SSSR count). The summed E-state index contributed by atoms with van der Waals surface area (Å²) in [6, 6.07) is 13.1. The fourth-order valence-corrected chi connectivity index (χ4v) is 4.23. The number of furan rings is 2. The van der Waals surface area contributed by atoms with E-state index in [0.717, 1.165) is 15.6 Å². The fourth-order valence-electron chi connectivity index (χ4n) is 2.87. The fraction of sp³-hybridized carbons (Fsp3) is 0.286. The molecule has 7 nitrogen and oxygen atoms in total. The molecule has 0 radical (unpaired) electrons. The Kier molecular flexibility index (Phi) is 6.24. The van der Waals surface area contributed by atoms with E-state index < -0.39 is 15.9 Å².